The molecular formula is C16H14N2O3S2. The van der Waals surface area contributed by atoms with Gasteiger partial charge in [-0.25, -0.2) is 4.98 Å². The van der Waals surface area contributed by atoms with Crippen LogP contribution in [0.5, 0.6) is 0 Å². The average Bonchev–Trinajstić information content (AvgIpc) is 3.07. The summed E-state index contributed by atoms with van der Waals surface area (Å²) in [6.45, 7) is 1.73. The van der Waals surface area contributed by atoms with Crippen molar-refractivity contribution < 1.29 is 9.53 Å². The lowest BCUT2D eigenvalue weighted by Gasteiger charge is -2.12. The molecular weight excluding hydrogens is 332 g/mol. The van der Waals surface area contributed by atoms with E-state index in [9.17, 15) is 9.59 Å². The summed E-state index contributed by atoms with van der Waals surface area (Å²) in [6, 6.07) is 3.94. The Morgan fingerprint density at radius 2 is 2.26 bits per heavy atom. The number of nitrogens with one attached hydrogen (secondary N) is 1. The Balaban J connectivity index is 1.70. The number of thiophene rings is 2. The van der Waals surface area contributed by atoms with Gasteiger partial charge in [-0.2, -0.15) is 0 Å². The summed E-state index contributed by atoms with van der Waals surface area (Å²) >= 11 is 3.02. The largest absolute Gasteiger partial charge is 0.454 e. The van der Waals surface area contributed by atoms with Gasteiger partial charge in [-0.15, -0.1) is 22.7 Å². The third kappa shape index (κ3) is 2.70. The van der Waals surface area contributed by atoms with Crippen LogP contribution in [0.15, 0.2) is 27.7 Å². The number of ether oxygens (including phenoxy) is 1. The maximum absolute atomic E-state index is 12.5. The van der Waals surface area contributed by atoms with E-state index in [2.05, 4.69) is 9.97 Å². The number of hydrogen-bond acceptors (Lipinski definition) is 6. The second kappa shape index (κ2) is 5.58. The minimum Gasteiger partial charge on any atom is -0.454 e. The van der Waals surface area contributed by atoms with E-state index in [1.54, 1.807) is 18.3 Å². The number of esters is 1. The van der Waals surface area contributed by atoms with Crippen LogP contribution in [-0.2, 0) is 9.53 Å². The third-order valence-electron chi connectivity index (χ3n) is 3.84. The highest BCUT2D eigenvalue weighted by atomic mass is 32.1. The molecule has 1 fully saturated rings. The van der Waals surface area contributed by atoms with Gasteiger partial charge in [0.15, 0.2) is 11.9 Å². The van der Waals surface area contributed by atoms with E-state index in [1.165, 1.54) is 11.3 Å². The molecule has 0 aromatic carbocycles. The van der Waals surface area contributed by atoms with E-state index in [0.717, 1.165) is 23.3 Å². The lowest BCUT2D eigenvalue weighted by molar-refractivity contribution is -0.150. The van der Waals surface area contributed by atoms with Crippen LogP contribution in [0.2, 0.25) is 0 Å². The maximum Gasteiger partial charge on any atom is 0.309 e. The van der Waals surface area contributed by atoms with Crippen molar-refractivity contribution in [1.82, 2.24) is 9.97 Å². The monoisotopic (exact) mass is 346 g/mol. The van der Waals surface area contributed by atoms with Crippen molar-refractivity contribution in [3.63, 3.8) is 0 Å². The van der Waals surface area contributed by atoms with Gasteiger partial charge in [0.1, 0.15) is 4.83 Å². The standard InChI is InChI=1S/C16H14N2O3S2/c1-8(21-16(20)9-4-5-9)13-17-14(19)12-10(7-23-15(12)18-13)11-3-2-6-22-11/h2-3,6-9H,4-5H2,1H3,(H,17,18,19)/t8-/m1/s1. The van der Waals surface area contributed by atoms with Crippen LogP contribution in [0, 0.1) is 5.92 Å². The summed E-state index contributed by atoms with van der Waals surface area (Å²) in [5, 5.41) is 4.53. The van der Waals surface area contributed by atoms with Crippen LogP contribution in [0.4, 0.5) is 0 Å². The molecule has 3 aromatic heterocycles. The lowest BCUT2D eigenvalue weighted by Crippen LogP contribution is -2.17. The number of aromatic nitrogens is 2. The van der Waals surface area contributed by atoms with Gasteiger partial charge in [-0.05, 0) is 31.2 Å². The predicted octanol–water partition coefficient (Wildman–Crippen LogP) is 3.73. The molecule has 0 spiro atoms. The fourth-order valence-corrected chi connectivity index (χ4v) is 4.19. The molecule has 3 heterocycles. The minimum absolute atomic E-state index is 0.0278. The van der Waals surface area contributed by atoms with Crippen molar-refractivity contribution in [2.75, 3.05) is 0 Å². The number of H-pyrrole nitrogens is 1. The van der Waals surface area contributed by atoms with Gasteiger partial charge in [0.05, 0.1) is 11.3 Å². The molecule has 7 heteroatoms. The summed E-state index contributed by atoms with van der Waals surface area (Å²) in [5.41, 5.74) is 0.715. The fourth-order valence-electron chi connectivity index (χ4n) is 2.42. The summed E-state index contributed by atoms with van der Waals surface area (Å²) in [5.74, 6) is 0.224. The Morgan fingerprint density at radius 3 is 2.96 bits per heavy atom. The average molecular weight is 346 g/mol. The molecule has 23 heavy (non-hydrogen) atoms. The Hall–Kier alpha value is -1.99. The van der Waals surface area contributed by atoms with Crippen LogP contribution < -0.4 is 5.56 Å². The van der Waals surface area contributed by atoms with Crippen LogP contribution in [0.25, 0.3) is 20.7 Å². The molecule has 1 aliphatic rings. The SMILES string of the molecule is C[C@@H](OC(=O)C1CC1)c1nc2scc(-c3cccs3)c2c(=O)[nH]1. The highest BCUT2D eigenvalue weighted by Gasteiger charge is 2.33. The number of carbonyl (C=O) groups is 1. The normalized spacial score (nSPS) is 15.7. The van der Waals surface area contributed by atoms with E-state index < -0.39 is 6.10 Å². The van der Waals surface area contributed by atoms with Gasteiger partial charge < -0.3 is 9.72 Å². The Bertz CT molecular complexity index is 923. The molecule has 5 nitrogen and oxygen atoms in total. The molecule has 1 saturated carbocycles. The molecule has 0 bridgehead atoms. The van der Waals surface area contributed by atoms with Crippen LogP contribution in [0.1, 0.15) is 31.7 Å². The lowest BCUT2D eigenvalue weighted by atomic mass is 10.2. The highest BCUT2D eigenvalue weighted by Crippen LogP contribution is 2.34. The van der Waals surface area contributed by atoms with Crippen molar-refractivity contribution in [1.29, 1.82) is 0 Å². The first kappa shape index (κ1) is 14.6. The highest BCUT2D eigenvalue weighted by molar-refractivity contribution is 7.18. The molecule has 0 amide bonds. The molecule has 1 N–H and O–H groups in total. The molecule has 0 unspecified atom stereocenters. The first-order valence-corrected chi connectivity index (χ1v) is 9.15. The number of carbonyl (C=O) groups excluding carboxylic acids is 1. The number of fused-ring (bicyclic) bond motifs is 1. The van der Waals surface area contributed by atoms with Gasteiger partial charge >= 0.3 is 5.97 Å². The van der Waals surface area contributed by atoms with Crippen molar-refractivity contribution in [2.45, 2.75) is 25.9 Å². The zero-order valence-electron chi connectivity index (χ0n) is 12.4. The molecule has 0 saturated heterocycles. The number of hydrogen-bond donors (Lipinski definition) is 1. The first-order chi connectivity index (χ1) is 11.1. The zero-order valence-corrected chi connectivity index (χ0v) is 14.0. The van der Waals surface area contributed by atoms with Crippen molar-refractivity contribution in [2.24, 2.45) is 5.92 Å². The molecule has 1 atom stereocenters. The van der Waals surface area contributed by atoms with Crippen molar-refractivity contribution >= 4 is 38.9 Å². The van der Waals surface area contributed by atoms with Gasteiger partial charge in [-0.1, -0.05) is 6.07 Å². The van der Waals surface area contributed by atoms with Crippen molar-refractivity contribution in [3.05, 3.63) is 39.1 Å². The number of rotatable bonds is 4. The first-order valence-electron chi connectivity index (χ1n) is 7.39. The topological polar surface area (TPSA) is 72.0 Å². The molecule has 0 aliphatic heterocycles. The van der Waals surface area contributed by atoms with E-state index in [1.807, 2.05) is 22.9 Å². The van der Waals surface area contributed by atoms with Gasteiger partial charge in [-0.3, -0.25) is 9.59 Å². The second-order valence-corrected chi connectivity index (χ2v) is 7.42. The Morgan fingerprint density at radius 1 is 1.43 bits per heavy atom. The van der Waals surface area contributed by atoms with Gasteiger partial charge in [0.25, 0.3) is 5.56 Å². The van der Waals surface area contributed by atoms with Crippen LogP contribution in [0.3, 0.4) is 0 Å². The number of aromatic amines is 1. The summed E-state index contributed by atoms with van der Waals surface area (Å²) in [6.07, 6.45) is 1.24. The van der Waals surface area contributed by atoms with E-state index in [0.29, 0.717) is 16.0 Å². The maximum atomic E-state index is 12.5. The van der Waals surface area contributed by atoms with Gasteiger partial charge in [0.2, 0.25) is 0 Å². The molecule has 118 valence electrons. The third-order valence-corrected chi connectivity index (χ3v) is 5.61. The smallest absolute Gasteiger partial charge is 0.309 e. The molecule has 0 radical (unpaired) electrons. The molecule has 1 aliphatic carbocycles. The Kier molecular flexibility index (Phi) is 3.54. The summed E-state index contributed by atoms with van der Waals surface area (Å²) in [4.78, 5) is 33.2. The minimum atomic E-state index is -0.549. The van der Waals surface area contributed by atoms with Crippen molar-refractivity contribution in [3.8, 4) is 10.4 Å². The van der Waals surface area contributed by atoms with E-state index >= 15 is 0 Å². The molecule has 3 aromatic rings. The van der Waals surface area contributed by atoms with E-state index in [4.69, 9.17) is 4.74 Å². The van der Waals surface area contributed by atoms with Crippen LogP contribution >= 0.6 is 22.7 Å². The second-order valence-electron chi connectivity index (χ2n) is 5.61. The predicted molar refractivity (Wildman–Crippen MR) is 90.8 cm³/mol. The quantitative estimate of drug-likeness (QED) is 0.731. The summed E-state index contributed by atoms with van der Waals surface area (Å²) in [7, 11) is 0. The molecule has 4 rings (SSSR count). The van der Waals surface area contributed by atoms with Gasteiger partial charge in [0, 0.05) is 15.8 Å². The van der Waals surface area contributed by atoms with E-state index in [-0.39, 0.29) is 17.4 Å². The fraction of sp³-hybridized carbons (Fsp3) is 0.312. The number of nitrogens with zero attached hydrogens (tertiary/aromatic N) is 1. The zero-order chi connectivity index (χ0) is 16.0. The van der Waals surface area contributed by atoms with Crippen LogP contribution in [-0.4, -0.2) is 15.9 Å². The summed E-state index contributed by atoms with van der Waals surface area (Å²) < 4.78 is 5.38. The Labute approximate surface area is 140 Å².